The van der Waals surface area contributed by atoms with E-state index in [4.69, 9.17) is 4.42 Å². The van der Waals surface area contributed by atoms with E-state index in [1.165, 1.54) is 30.5 Å². The molecule has 172 valence electrons. The Kier molecular flexibility index (Phi) is 5.31. The summed E-state index contributed by atoms with van der Waals surface area (Å²) in [6, 6.07) is 15.5. The Hall–Kier alpha value is -2.89. The second-order valence-corrected chi connectivity index (χ2v) is 10.0. The van der Waals surface area contributed by atoms with Gasteiger partial charge in [0.25, 0.3) is 6.01 Å². The number of rotatable bonds is 8. The van der Waals surface area contributed by atoms with Crippen LogP contribution in [0.4, 0.5) is 10.4 Å². The fourth-order valence-corrected chi connectivity index (χ4v) is 5.64. The third-order valence-electron chi connectivity index (χ3n) is 7.72. The van der Waals surface area contributed by atoms with Crippen LogP contribution < -0.4 is 10.2 Å². The number of hydrogen-bond acceptors (Lipinski definition) is 4. The molecule has 2 saturated carbocycles. The predicted octanol–water partition coefficient (Wildman–Crippen LogP) is 4.96. The summed E-state index contributed by atoms with van der Waals surface area (Å²) in [7, 11) is 0. The normalized spacial score (nSPS) is 23.7. The van der Waals surface area contributed by atoms with Crippen molar-refractivity contribution in [2.24, 2.45) is 23.7 Å². The molecule has 3 aromatic rings. The van der Waals surface area contributed by atoms with Crippen molar-refractivity contribution in [2.45, 2.75) is 44.6 Å². The Bertz CT molecular complexity index is 1140. The van der Waals surface area contributed by atoms with Gasteiger partial charge in [0.15, 0.2) is 5.58 Å². The van der Waals surface area contributed by atoms with Crippen LogP contribution in [-0.4, -0.2) is 30.0 Å². The molecule has 2 aliphatic carbocycles. The molecule has 1 amide bonds. The van der Waals surface area contributed by atoms with Crippen LogP contribution in [0.3, 0.4) is 0 Å². The first-order chi connectivity index (χ1) is 16.2. The Balaban J connectivity index is 1.18. The highest BCUT2D eigenvalue weighted by Crippen LogP contribution is 2.46. The summed E-state index contributed by atoms with van der Waals surface area (Å²) >= 11 is 0. The first kappa shape index (κ1) is 20.7. The lowest BCUT2D eigenvalue weighted by Crippen LogP contribution is -2.45. The van der Waals surface area contributed by atoms with E-state index in [0.717, 1.165) is 38.1 Å². The summed E-state index contributed by atoms with van der Waals surface area (Å²) in [4.78, 5) is 20.1. The van der Waals surface area contributed by atoms with Gasteiger partial charge in [-0.05, 0) is 74.0 Å². The van der Waals surface area contributed by atoms with E-state index in [-0.39, 0.29) is 23.7 Å². The number of carbonyl (C=O) groups is 1. The molecule has 33 heavy (non-hydrogen) atoms. The predicted molar refractivity (Wildman–Crippen MR) is 125 cm³/mol. The molecule has 6 rings (SSSR count). The van der Waals surface area contributed by atoms with Crippen LogP contribution in [0.15, 0.2) is 52.9 Å². The monoisotopic (exact) mass is 447 g/mol. The molecule has 5 nitrogen and oxygen atoms in total. The van der Waals surface area contributed by atoms with Gasteiger partial charge in [0.1, 0.15) is 11.3 Å². The molecule has 3 fully saturated rings. The molecule has 1 aromatic heterocycles. The van der Waals surface area contributed by atoms with Gasteiger partial charge >= 0.3 is 0 Å². The molecule has 6 heteroatoms. The number of anilines is 1. The van der Waals surface area contributed by atoms with Crippen LogP contribution in [-0.2, 0) is 11.2 Å². The van der Waals surface area contributed by atoms with Gasteiger partial charge in [-0.25, -0.2) is 4.39 Å². The average Bonchev–Trinajstić information content (AvgIpc) is 3.76. The molecule has 0 bridgehead atoms. The second-order valence-electron chi connectivity index (χ2n) is 10.0. The fraction of sp³-hybridized carbons (Fsp3) is 0.481. The minimum absolute atomic E-state index is 0.0360. The summed E-state index contributed by atoms with van der Waals surface area (Å²) in [5.74, 6) is 1.64. The van der Waals surface area contributed by atoms with E-state index in [1.807, 2.05) is 18.2 Å². The highest BCUT2D eigenvalue weighted by molar-refractivity contribution is 5.80. The summed E-state index contributed by atoms with van der Waals surface area (Å²) in [6.07, 6.45) is 6.69. The molecule has 3 aliphatic rings. The molecular formula is C27H30FN3O2. The topological polar surface area (TPSA) is 58.4 Å². The molecule has 3 atom stereocenters. The summed E-state index contributed by atoms with van der Waals surface area (Å²) in [5.41, 5.74) is 2.36. The van der Waals surface area contributed by atoms with E-state index >= 15 is 0 Å². The maximum absolute atomic E-state index is 13.6. The number of oxazole rings is 1. The van der Waals surface area contributed by atoms with E-state index < -0.39 is 0 Å². The van der Waals surface area contributed by atoms with Crippen molar-refractivity contribution in [1.82, 2.24) is 10.3 Å². The fourth-order valence-electron chi connectivity index (χ4n) is 5.64. The molecule has 2 aromatic carbocycles. The van der Waals surface area contributed by atoms with Crippen LogP contribution in [0, 0.1) is 29.5 Å². The maximum Gasteiger partial charge on any atom is 0.298 e. The SMILES string of the molecule is O=C(NCC1C(C2CC2)CCN1c1nc2ccc(F)cc2o1)C(Cc1ccccc1)C1CC1. The van der Waals surface area contributed by atoms with Crippen molar-refractivity contribution in [1.29, 1.82) is 0 Å². The van der Waals surface area contributed by atoms with Gasteiger partial charge in [-0.15, -0.1) is 0 Å². The molecule has 0 radical (unpaired) electrons. The Morgan fingerprint density at radius 2 is 1.94 bits per heavy atom. The van der Waals surface area contributed by atoms with Gasteiger partial charge in [0.2, 0.25) is 5.91 Å². The number of benzene rings is 2. The number of halogens is 1. The lowest BCUT2D eigenvalue weighted by Gasteiger charge is -2.28. The minimum Gasteiger partial charge on any atom is -0.423 e. The number of fused-ring (bicyclic) bond motifs is 1. The van der Waals surface area contributed by atoms with E-state index in [1.54, 1.807) is 6.07 Å². The molecule has 2 heterocycles. The third-order valence-corrected chi connectivity index (χ3v) is 7.72. The van der Waals surface area contributed by atoms with E-state index in [2.05, 4.69) is 27.3 Å². The Morgan fingerprint density at radius 1 is 1.12 bits per heavy atom. The van der Waals surface area contributed by atoms with Crippen LogP contribution in [0.1, 0.15) is 37.7 Å². The number of aromatic nitrogens is 1. The molecule has 3 unspecified atom stereocenters. The van der Waals surface area contributed by atoms with Crippen molar-refractivity contribution < 1.29 is 13.6 Å². The summed E-state index contributed by atoms with van der Waals surface area (Å²) in [6.45, 7) is 1.46. The van der Waals surface area contributed by atoms with Gasteiger partial charge in [0.05, 0.1) is 6.04 Å². The lowest BCUT2D eigenvalue weighted by molar-refractivity contribution is -0.125. The zero-order valence-electron chi connectivity index (χ0n) is 18.8. The molecule has 1 saturated heterocycles. The number of carbonyl (C=O) groups excluding carboxylic acids is 1. The zero-order chi connectivity index (χ0) is 22.4. The largest absolute Gasteiger partial charge is 0.423 e. The zero-order valence-corrected chi connectivity index (χ0v) is 18.8. The quantitative estimate of drug-likeness (QED) is 0.530. The average molecular weight is 448 g/mol. The van der Waals surface area contributed by atoms with E-state index in [0.29, 0.717) is 35.5 Å². The number of amides is 1. The smallest absolute Gasteiger partial charge is 0.298 e. The first-order valence-electron chi connectivity index (χ1n) is 12.3. The maximum atomic E-state index is 13.6. The molecule has 1 aliphatic heterocycles. The minimum atomic E-state index is -0.323. The number of nitrogens with zero attached hydrogens (tertiary/aromatic N) is 2. The van der Waals surface area contributed by atoms with Gasteiger partial charge in [-0.2, -0.15) is 4.98 Å². The molecule has 1 N–H and O–H groups in total. The van der Waals surface area contributed by atoms with Crippen molar-refractivity contribution in [3.05, 3.63) is 59.9 Å². The van der Waals surface area contributed by atoms with E-state index in [9.17, 15) is 9.18 Å². The van der Waals surface area contributed by atoms with Crippen molar-refractivity contribution >= 4 is 23.0 Å². The summed E-state index contributed by atoms with van der Waals surface area (Å²) in [5, 5.41) is 3.31. The number of hydrogen-bond donors (Lipinski definition) is 1. The van der Waals surface area contributed by atoms with Gasteiger partial charge in [-0.3, -0.25) is 4.79 Å². The highest BCUT2D eigenvalue weighted by atomic mass is 19.1. The second kappa shape index (κ2) is 8.47. The van der Waals surface area contributed by atoms with Gasteiger partial charge < -0.3 is 14.6 Å². The van der Waals surface area contributed by atoms with Crippen LogP contribution in [0.25, 0.3) is 11.1 Å². The van der Waals surface area contributed by atoms with Gasteiger partial charge in [-0.1, -0.05) is 30.3 Å². The van der Waals surface area contributed by atoms with Crippen molar-refractivity contribution in [3.8, 4) is 0 Å². The van der Waals surface area contributed by atoms with Gasteiger partial charge in [0, 0.05) is 25.1 Å². The highest BCUT2D eigenvalue weighted by Gasteiger charge is 2.45. The third kappa shape index (κ3) is 4.35. The Morgan fingerprint density at radius 3 is 2.70 bits per heavy atom. The number of nitrogens with one attached hydrogen (secondary N) is 1. The van der Waals surface area contributed by atoms with Crippen LogP contribution in [0.5, 0.6) is 0 Å². The van der Waals surface area contributed by atoms with Crippen molar-refractivity contribution in [2.75, 3.05) is 18.0 Å². The Labute approximate surface area is 193 Å². The molecule has 0 spiro atoms. The van der Waals surface area contributed by atoms with Crippen LogP contribution in [0.2, 0.25) is 0 Å². The first-order valence-corrected chi connectivity index (χ1v) is 12.3. The van der Waals surface area contributed by atoms with Crippen molar-refractivity contribution in [3.63, 3.8) is 0 Å². The lowest BCUT2D eigenvalue weighted by atomic mass is 9.92. The van der Waals surface area contributed by atoms with Crippen LogP contribution >= 0.6 is 0 Å². The molecular weight excluding hydrogens is 417 g/mol. The summed E-state index contributed by atoms with van der Waals surface area (Å²) < 4.78 is 19.6. The standard InChI is InChI=1S/C27H30FN3O2/c28-20-10-11-23-25(15-20)33-27(30-23)31-13-12-21(18-6-7-18)24(31)16-29-26(32)22(19-8-9-19)14-17-4-2-1-3-5-17/h1-5,10-11,15,18-19,21-22,24H,6-9,12-14,16H2,(H,29,32).